The molecular formula is C7H13F2NO. The first kappa shape index (κ1) is 12.9. The predicted molar refractivity (Wildman–Crippen MR) is 38.4 cm³/mol. The van der Waals surface area contributed by atoms with E-state index in [1.54, 1.807) is 6.07 Å². The SMILES string of the molecule is CC.CC(F)(F)COCC#N. The van der Waals surface area contributed by atoms with Crippen LogP contribution >= 0.6 is 0 Å². The largest absolute Gasteiger partial charge is 0.360 e. The van der Waals surface area contributed by atoms with E-state index < -0.39 is 12.5 Å². The fourth-order valence-corrected chi connectivity index (χ4v) is 0.276. The molecule has 0 saturated heterocycles. The lowest BCUT2D eigenvalue weighted by molar-refractivity contribution is -0.0552. The van der Waals surface area contributed by atoms with Gasteiger partial charge < -0.3 is 4.74 Å². The zero-order chi connectivity index (χ0) is 9.33. The van der Waals surface area contributed by atoms with Crippen LogP contribution in [0, 0.1) is 11.3 Å². The van der Waals surface area contributed by atoms with Gasteiger partial charge in [0.1, 0.15) is 13.2 Å². The summed E-state index contributed by atoms with van der Waals surface area (Å²) in [5, 5.41) is 7.84. The lowest BCUT2D eigenvalue weighted by Gasteiger charge is -2.07. The second-order valence-corrected chi connectivity index (χ2v) is 1.72. The Balaban J connectivity index is 0. The molecule has 0 aliphatic heterocycles. The van der Waals surface area contributed by atoms with Crippen LogP contribution in [0.15, 0.2) is 0 Å². The van der Waals surface area contributed by atoms with Gasteiger partial charge in [0.05, 0.1) is 6.07 Å². The molecular weight excluding hydrogens is 152 g/mol. The molecule has 0 atom stereocenters. The van der Waals surface area contributed by atoms with Crippen molar-refractivity contribution in [2.24, 2.45) is 0 Å². The molecule has 0 heterocycles. The third-order valence-electron chi connectivity index (χ3n) is 0.522. The monoisotopic (exact) mass is 165 g/mol. The highest BCUT2D eigenvalue weighted by Gasteiger charge is 2.20. The summed E-state index contributed by atoms with van der Waals surface area (Å²) in [6.07, 6.45) is 0. The first-order valence-electron chi connectivity index (χ1n) is 3.39. The second-order valence-electron chi connectivity index (χ2n) is 1.72. The molecule has 0 aliphatic rings. The van der Waals surface area contributed by atoms with Gasteiger partial charge in [0.2, 0.25) is 0 Å². The van der Waals surface area contributed by atoms with Gasteiger partial charge >= 0.3 is 0 Å². The first-order chi connectivity index (χ1) is 5.06. The van der Waals surface area contributed by atoms with E-state index >= 15 is 0 Å². The fraction of sp³-hybridized carbons (Fsp3) is 0.857. The topological polar surface area (TPSA) is 33.0 Å². The summed E-state index contributed by atoms with van der Waals surface area (Å²) < 4.78 is 27.9. The number of alkyl halides is 2. The second kappa shape index (κ2) is 7.42. The molecule has 0 fully saturated rings. The Kier molecular flexibility index (Phi) is 8.73. The Bertz CT molecular complexity index is 115. The van der Waals surface area contributed by atoms with Crippen molar-refractivity contribution in [3.8, 4) is 6.07 Å². The van der Waals surface area contributed by atoms with Crippen molar-refractivity contribution in [2.75, 3.05) is 13.2 Å². The Morgan fingerprint density at radius 3 is 2.18 bits per heavy atom. The standard InChI is InChI=1S/C5H7F2NO.C2H6/c1-5(6,7)4-9-3-2-8;1-2/h3-4H2,1H3;1-2H3. The zero-order valence-corrected chi connectivity index (χ0v) is 7.03. The van der Waals surface area contributed by atoms with Crippen LogP contribution in [0.4, 0.5) is 8.78 Å². The van der Waals surface area contributed by atoms with Gasteiger partial charge in [0.15, 0.2) is 0 Å². The van der Waals surface area contributed by atoms with Crippen molar-refractivity contribution in [3.63, 3.8) is 0 Å². The molecule has 0 unspecified atom stereocenters. The van der Waals surface area contributed by atoms with Gasteiger partial charge in [-0.2, -0.15) is 5.26 Å². The molecule has 0 aliphatic carbocycles. The summed E-state index contributed by atoms with van der Waals surface area (Å²) in [5.74, 6) is -2.82. The van der Waals surface area contributed by atoms with E-state index in [4.69, 9.17) is 5.26 Å². The predicted octanol–water partition coefficient (Wildman–Crippen LogP) is 2.21. The highest BCUT2D eigenvalue weighted by molar-refractivity contribution is 4.67. The van der Waals surface area contributed by atoms with Gasteiger partial charge in [-0.25, -0.2) is 8.78 Å². The molecule has 0 aromatic heterocycles. The van der Waals surface area contributed by atoms with Crippen LogP contribution in [-0.2, 0) is 4.74 Å². The van der Waals surface area contributed by atoms with Crippen LogP contribution in [0.2, 0.25) is 0 Å². The van der Waals surface area contributed by atoms with Gasteiger partial charge in [0, 0.05) is 6.92 Å². The molecule has 0 saturated carbocycles. The average molecular weight is 165 g/mol. The molecule has 0 rings (SSSR count). The molecule has 0 N–H and O–H groups in total. The number of rotatable bonds is 3. The Hall–Kier alpha value is -0.690. The molecule has 0 aromatic carbocycles. The summed E-state index contributed by atoms with van der Waals surface area (Å²) in [7, 11) is 0. The van der Waals surface area contributed by atoms with Crippen molar-refractivity contribution >= 4 is 0 Å². The van der Waals surface area contributed by atoms with E-state index in [1.165, 1.54) is 0 Å². The maximum Gasteiger partial charge on any atom is 0.268 e. The Labute approximate surface area is 65.8 Å². The number of nitriles is 1. The van der Waals surface area contributed by atoms with E-state index in [0.29, 0.717) is 0 Å². The molecule has 0 amide bonds. The maximum atomic E-state index is 11.8. The van der Waals surface area contributed by atoms with Crippen molar-refractivity contribution in [2.45, 2.75) is 26.7 Å². The number of hydrogen-bond donors (Lipinski definition) is 0. The summed E-state index contributed by atoms with van der Waals surface area (Å²) >= 11 is 0. The van der Waals surface area contributed by atoms with E-state index in [2.05, 4.69) is 4.74 Å². The van der Waals surface area contributed by atoms with Crippen LogP contribution < -0.4 is 0 Å². The molecule has 66 valence electrons. The maximum absolute atomic E-state index is 11.8. The van der Waals surface area contributed by atoms with Crippen LogP contribution in [0.5, 0.6) is 0 Å². The van der Waals surface area contributed by atoms with Crippen molar-refractivity contribution < 1.29 is 13.5 Å². The van der Waals surface area contributed by atoms with Crippen LogP contribution in [-0.4, -0.2) is 19.1 Å². The summed E-state index contributed by atoms with van der Waals surface area (Å²) in [5.41, 5.74) is 0. The van der Waals surface area contributed by atoms with Crippen LogP contribution in [0.1, 0.15) is 20.8 Å². The molecule has 0 radical (unpaired) electrons. The minimum atomic E-state index is -2.82. The molecule has 0 bridgehead atoms. The quantitative estimate of drug-likeness (QED) is 0.600. The van der Waals surface area contributed by atoms with E-state index in [1.807, 2.05) is 13.8 Å². The molecule has 0 spiro atoms. The molecule has 4 heteroatoms. The number of nitrogens with zero attached hydrogens (tertiary/aromatic N) is 1. The Morgan fingerprint density at radius 2 is 1.91 bits per heavy atom. The minimum absolute atomic E-state index is 0.274. The van der Waals surface area contributed by atoms with Crippen LogP contribution in [0.3, 0.4) is 0 Å². The smallest absolute Gasteiger partial charge is 0.268 e. The Morgan fingerprint density at radius 1 is 1.45 bits per heavy atom. The number of hydrogen-bond acceptors (Lipinski definition) is 2. The highest BCUT2D eigenvalue weighted by atomic mass is 19.3. The number of ether oxygens (including phenoxy) is 1. The highest BCUT2D eigenvalue weighted by Crippen LogP contribution is 2.10. The minimum Gasteiger partial charge on any atom is -0.360 e. The van der Waals surface area contributed by atoms with Gasteiger partial charge in [-0.1, -0.05) is 13.8 Å². The van der Waals surface area contributed by atoms with Gasteiger partial charge in [-0.05, 0) is 0 Å². The van der Waals surface area contributed by atoms with E-state index in [0.717, 1.165) is 6.92 Å². The summed E-state index contributed by atoms with van der Waals surface area (Å²) in [4.78, 5) is 0. The molecule has 11 heavy (non-hydrogen) atoms. The summed E-state index contributed by atoms with van der Waals surface area (Å²) in [6, 6.07) is 1.58. The molecule has 2 nitrogen and oxygen atoms in total. The first-order valence-corrected chi connectivity index (χ1v) is 3.39. The van der Waals surface area contributed by atoms with Crippen molar-refractivity contribution in [1.82, 2.24) is 0 Å². The lowest BCUT2D eigenvalue weighted by Crippen LogP contribution is -2.18. The molecule has 0 aromatic rings. The third kappa shape index (κ3) is 17.6. The normalized spacial score (nSPS) is 9.45. The fourth-order valence-electron chi connectivity index (χ4n) is 0.276. The average Bonchev–Trinajstić information content (AvgIpc) is 1.90. The zero-order valence-electron chi connectivity index (χ0n) is 7.03. The van der Waals surface area contributed by atoms with Gasteiger partial charge in [-0.3, -0.25) is 0 Å². The van der Waals surface area contributed by atoms with Crippen molar-refractivity contribution in [1.29, 1.82) is 5.26 Å². The third-order valence-corrected chi connectivity index (χ3v) is 0.522. The van der Waals surface area contributed by atoms with Gasteiger partial charge in [0.25, 0.3) is 5.92 Å². The van der Waals surface area contributed by atoms with E-state index in [9.17, 15) is 8.78 Å². The van der Waals surface area contributed by atoms with Crippen LogP contribution in [0.25, 0.3) is 0 Å². The number of halogens is 2. The lowest BCUT2D eigenvalue weighted by atomic mass is 10.4. The van der Waals surface area contributed by atoms with E-state index in [-0.39, 0.29) is 6.61 Å². The van der Waals surface area contributed by atoms with Gasteiger partial charge in [-0.15, -0.1) is 0 Å². The van der Waals surface area contributed by atoms with Crippen molar-refractivity contribution in [3.05, 3.63) is 0 Å². The summed E-state index contributed by atoms with van der Waals surface area (Å²) in [6.45, 7) is 3.79.